The highest BCUT2D eigenvalue weighted by Crippen LogP contribution is 2.27. The maximum Gasteiger partial charge on any atom is 0.227 e. The van der Waals surface area contributed by atoms with E-state index in [4.69, 9.17) is 17.3 Å². The molecular weight excluding hydrogens is 231 g/mol. The highest BCUT2D eigenvalue weighted by atomic mass is 35.5. The number of nitrogens with two attached hydrogens (primary N) is 1. The minimum atomic E-state index is -0.511. The molecule has 0 saturated carbocycles. The first-order chi connectivity index (χ1) is 7.61. The molecule has 1 aliphatic rings. The van der Waals surface area contributed by atoms with Crippen molar-refractivity contribution < 1.29 is 9.18 Å². The van der Waals surface area contributed by atoms with Gasteiger partial charge < -0.3 is 10.6 Å². The van der Waals surface area contributed by atoms with Crippen molar-refractivity contribution >= 4 is 23.2 Å². The van der Waals surface area contributed by atoms with E-state index in [1.54, 1.807) is 11.0 Å². The molecule has 1 heterocycles. The summed E-state index contributed by atoms with van der Waals surface area (Å²) in [4.78, 5) is 13.2. The van der Waals surface area contributed by atoms with E-state index in [-0.39, 0.29) is 16.8 Å². The van der Waals surface area contributed by atoms with Gasteiger partial charge in [-0.25, -0.2) is 4.39 Å². The summed E-state index contributed by atoms with van der Waals surface area (Å²) in [7, 11) is 0. The maximum atomic E-state index is 13.2. The van der Waals surface area contributed by atoms with Crippen molar-refractivity contribution in [3.05, 3.63) is 29.0 Å². The van der Waals surface area contributed by atoms with Crippen LogP contribution in [0.1, 0.15) is 6.42 Å². The Morgan fingerprint density at radius 2 is 2.31 bits per heavy atom. The minimum Gasteiger partial charge on any atom is -0.330 e. The van der Waals surface area contributed by atoms with Gasteiger partial charge >= 0.3 is 0 Å². The molecule has 86 valence electrons. The van der Waals surface area contributed by atoms with Crippen LogP contribution in [0.25, 0.3) is 0 Å². The molecule has 1 saturated heterocycles. The second-order valence-electron chi connectivity index (χ2n) is 3.91. The predicted octanol–water partition coefficient (Wildman–Crippen LogP) is 1.79. The van der Waals surface area contributed by atoms with Crippen LogP contribution < -0.4 is 10.6 Å². The minimum absolute atomic E-state index is 0.0165. The number of rotatable bonds is 2. The molecule has 1 fully saturated rings. The number of carbonyl (C=O) groups is 1. The van der Waals surface area contributed by atoms with Gasteiger partial charge in [0, 0.05) is 18.7 Å². The number of anilines is 1. The lowest BCUT2D eigenvalue weighted by Crippen LogP contribution is -2.25. The van der Waals surface area contributed by atoms with Gasteiger partial charge in [0.15, 0.2) is 0 Å². The highest BCUT2D eigenvalue weighted by molar-refractivity contribution is 6.30. The van der Waals surface area contributed by atoms with E-state index in [1.165, 1.54) is 12.1 Å². The van der Waals surface area contributed by atoms with Crippen molar-refractivity contribution in [2.45, 2.75) is 6.42 Å². The van der Waals surface area contributed by atoms with E-state index < -0.39 is 5.82 Å². The number of amides is 1. The molecular formula is C11H12ClFN2O. The molecule has 1 atom stereocenters. The van der Waals surface area contributed by atoms with Gasteiger partial charge in [0.2, 0.25) is 5.91 Å². The van der Waals surface area contributed by atoms with Gasteiger partial charge in [-0.3, -0.25) is 4.79 Å². The molecule has 0 aromatic heterocycles. The molecule has 2 N–H and O–H groups in total. The van der Waals surface area contributed by atoms with Crippen LogP contribution in [0.5, 0.6) is 0 Å². The predicted molar refractivity (Wildman–Crippen MR) is 60.9 cm³/mol. The van der Waals surface area contributed by atoms with Gasteiger partial charge in [-0.2, -0.15) is 0 Å². The summed E-state index contributed by atoms with van der Waals surface area (Å²) >= 11 is 5.58. The van der Waals surface area contributed by atoms with E-state index in [9.17, 15) is 9.18 Å². The van der Waals surface area contributed by atoms with Crippen LogP contribution in [0.15, 0.2) is 18.2 Å². The first-order valence-electron chi connectivity index (χ1n) is 5.07. The van der Waals surface area contributed by atoms with Gasteiger partial charge in [0.1, 0.15) is 5.82 Å². The second-order valence-corrected chi connectivity index (χ2v) is 4.32. The van der Waals surface area contributed by atoms with Crippen molar-refractivity contribution in [2.24, 2.45) is 11.7 Å². The Bertz CT molecular complexity index is 424. The summed E-state index contributed by atoms with van der Waals surface area (Å²) in [6.45, 7) is 1.02. The third kappa shape index (κ3) is 2.03. The smallest absolute Gasteiger partial charge is 0.227 e. The fourth-order valence-electron chi connectivity index (χ4n) is 1.84. The van der Waals surface area contributed by atoms with E-state index in [1.807, 2.05) is 0 Å². The highest BCUT2D eigenvalue weighted by Gasteiger charge is 2.29. The fraction of sp³-hybridized carbons (Fsp3) is 0.364. The van der Waals surface area contributed by atoms with E-state index in [2.05, 4.69) is 0 Å². The Kier molecular flexibility index (Phi) is 3.12. The van der Waals surface area contributed by atoms with Gasteiger partial charge in [0.25, 0.3) is 0 Å². The summed E-state index contributed by atoms with van der Waals surface area (Å²) in [6.07, 6.45) is 0.431. The van der Waals surface area contributed by atoms with Crippen molar-refractivity contribution in [1.29, 1.82) is 0 Å². The third-order valence-electron chi connectivity index (χ3n) is 2.75. The summed E-state index contributed by atoms with van der Waals surface area (Å²) in [5.74, 6) is -0.369. The summed E-state index contributed by atoms with van der Waals surface area (Å²) < 4.78 is 13.2. The van der Waals surface area contributed by atoms with E-state index in [0.29, 0.717) is 25.2 Å². The molecule has 0 spiro atoms. The number of carbonyl (C=O) groups excluding carboxylic acids is 1. The molecule has 5 heteroatoms. The Balaban J connectivity index is 2.24. The van der Waals surface area contributed by atoms with Crippen LogP contribution in [0.3, 0.4) is 0 Å². The van der Waals surface area contributed by atoms with Gasteiger partial charge in [0.05, 0.1) is 5.02 Å². The number of nitrogens with zero attached hydrogens (tertiary/aromatic N) is 1. The number of benzene rings is 1. The monoisotopic (exact) mass is 242 g/mol. The summed E-state index contributed by atoms with van der Waals surface area (Å²) in [6, 6.07) is 4.37. The standard InChI is InChI=1S/C11H12ClFN2O/c12-9-2-1-8(4-10(9)13)15-6-7(5-14)3-11(15)16/h1-2,4,7H,3,5-6,14H2. The number of halogens is 2. The average Bonchev–Trinajstić information content (AvgIpc) is 2.64. The summed E-state index contributed by atoms with van der Waals surface area (Å²) in [5.41, 5.74) is 6.06. The number of hydrogen-bond donors (Lipinski definition) is 1. The van der Waals surface area contributed by atoms with Gasteiger partial charge in [-0.1, -0.05) is 11.6 Å². The molecule has 2 rings (SSSR count). The molecule has 16 heavy (non-hydrogen) atoms. The Morgan fingerprint density at radius 3 is 2.88 bits per heavy atom. The van der Waals surface area contributed by atoms with Crippen molar-refractivity contribution in [3.8, 4) is 0 Å². The maximum absolute atomic E-state index is 13.2. The lowest BCUT2D eigenvalue weighted by atomic mass is 10.1. The number of hydrogen-bond acceptors (Lipinski definition) is 2. The molecule has 1 aromatic rings. The zero-order valence-electron chi connectivity index (χ0n) is 8.62. The van der Waals surface area contributed by atoms with Crippen LogP contribution in [0.4, 0.5) is 10.1 Å². The lowest BCUT2D eigenvalue weighted by molar-refractivity contribution is -0.117. The molecule has 0 radical (unpaired) electrons. The van der Waals surface area contributed by atoms with Crippen LogP contribution >= 0.6 is 11.6 Å². The largest absolute Gasteiger partial charge is 0.330 e. The zero-order chi connectivity index (χ0) is 11.7. The van der Waals surface area contributed by atoms with Crippen molar-refractivity contribution in [1.82, 2.24) is 0 Å². The van der Waals surface area contributed by atoms with Gasteiger partial charge in [-0.15, -0.1) is 0 Å². The van der Waals surface area contributed by atoms with Crippen LogP contribution in [0.2, 0.25) is 5.02 Å². The Hall–Kier alpha value is -1.13. The van der Waals surface area contributed by atoms with Crippen molar-refractivity contribution in [2.75, 3.05) is 18.0 Å². The molecule has 0 bridgehead atoms. The van der Waals surface area contributed by atoms with Gasteiger partial charge in [-0.05, 0) is 30.7 Å². The van der Waals surface area contributed by atoms with E-state index in [0.717, 1.165) is 0 Å². The Morgan fingerprint density at radius 1 is 1.56 bits per heavy atom. The van der Waals surface area contributed by atoms with Crippen molar-refractivity contribution in [3.63, 3.8) is 0 Å². The topological polar surface area (TPSA) is 46.3 Å². The Labute approximate surface area is 98.0 Å². The second kappa shape index (κ2) is 4.39. The normalized spacial score (nSPS) is 20.6. The molecule has 1 aromatic carbocycles. The molecule has 0 aliphatic carbocycles. The fourth-order valence-corrected chi connectivity index (χ4v) is 1.96. The van der Waals surface area contributed by atoms with Crippen LogP contribution in [-0.4, -0.2) is 19.0 Å². The van der Waals surface area contributed by atoms with E-state index >= 15 is 0 Å². The molecule has 3 nitrogen and oxygen atoms in total. The quantitative estimate of drug-likeness (QED) is 0.860. The molecule has 1 amide bonds. The zero-order valence-corrected chi connectivity index (χ0v) is 9.38. The lowest BCUT2D eigenvalue weighted by Gasteiger charge is -2.16. The third-order valence-corrected chi connectivity index (χ3v) is 3.06. The average molecular weight is 243 g/mol. The summed E-state index contributed by atoms with van der Waals surface area (Å²) in [5, 5.41) is 0.0609. The molecule has 1 unspecified atom stereocenters. The first-order valence-corrected chi connectivity index (χ1v) is 5.45. The van der Waals surface area contributed by atoms with Crippen LogP contribution in [0, 0.1) is 11.7 Å². The molecule has 1 aliphatic heterocycles. The SMILES string of the molecule is NCC1CC(=O)N(c2ccc(Cl)c(F)c2)C1. The first kappa shape index (κ1) is 11.4. The van der Waals surface area contributed by atoms with Crippen LogP contribution in [-0.2, 0) is 4.79 Å².